The molecule has 6 heteroatoms. The molecule has 0 aromatic heterocycles. The summed E-state index contributed by atoms with van der Waals surface area (Å²) in [6, 6.07) is 0. The summed E-state index contributed by atoms with van der Waals surface area (Å²) in [5, 5.41) is 0. The SMILES string of the molecule is CCCCCCCCCCCCCCC(=O)O[C@@H](COC(=O)CCCCCCCCCCCC(C)C)COC(=O)CCCCCCCCC(C)C. The van der Waals surface area contributed by atoms with Crippen molar-refractivity contribution in [1.82, 2.24) is 0 Å². The molecular formula is C45H86O6. The summed E-state index contributed by atoms with van der Waals surface area (Å²) in [6.07, 6.45) is 35.3. The van der Waals surface area contributed by atoms with Crippen LogP contribution in [0.1, 0.15) is 240 Å². The van der Waals surface area contributed by atoms with Gasteiger partial charge in [-0.25, -0.2) is 0 Å². The molecule has 0 unspecified atom stereocenters. The molecule has 0 aliphatic heterocycles. The van der Waals surface area contributed by atoms with Crippen LogP contribution in [0.2, 0.25) is 0 Å². The zero-order valence-corrected chi connectivity index (χ0v) is 34.7. The minimum absolute atomic E-state index is 0.0660. The molecule has 0 aromatic carbocycles. The molecule has 1 atom stereocenters. The van der Waals surface area contributed by atoms with Crippen molar-refractivity contribution in [2.45, 2.75) is 246 Å². The van der Waals surface area contributed by atoms with E-state index in [-0.39, 0.29) is 31.1 Å². The summed E-state index contributed by atoms with van der Waals surface area (Å²) in [7, 11) is 0. The van der Waals surface area contributed by atoms with Gasteiger partial charge in [-0.05, 0) is 31.1 Å². The average molecular weight is 723 g/mol. The van der Waals surface area contributed by atoms with E-state index < -0.39 is 6.10 Å². The van der Waals surface area contributed by atoms with Gasteiger partial charge in [-0.2, -0.15) is 0 Å². The van der Waals surface area contributed by atoms with Crippen LogP contribution in [0.4, 0.5) is 0 Å². The van der Waals surface area contributed by atoms with Gasteiger partial charge in [0, 0.05) is 19.3 Å². The van der Waals surface area contributed by atoms with Crippen molar-refractivity contribution in [2.24, 2.45) is 11.8 Å². The van der Waals surface area contributed by atoms with Crippen molar-refractivity contribution < 1.29 is 28.6 Å². The second-order valence-electron chi connectivity index (χ2n) is 16.3. The lowest BCUT2D eigenvalue weighted by molar-refractivity contribution is -0.167. The zero-order chi connectivity index (χ0) is 37.6. The first-order valence-corrected chi connectivity index (χ1v) is 22.2. The molecule has 0 N–H and O–H groups in total. The van der Waals surface area contributed by atoms with E-state index in [1.54, 1.807) is 0 Å². The van der Waals surface area contributed by atoms with Gasteiger partial charge in [-0.1, -0.05) is 202 Å². The molecule has 0 heterocycles. The minimum atomic E-state index is -0.760. The lowest BCUT2D eigenvalue weighted by Gasteiger charge is -2.18. The Hall–Kier alpha value is -1.59. The fraction of sp³-hybridized carbons (Fsp3) is 0.933. The Morgan fingerprint density at radius 1 is 0.373 bits per heavy atom. The van der Waals surface area contributed by atoms with E-state index in [2.05, 4.69) is 34.6 Å². The third kappa shape index (κ3) is 39.5. The van der Waals surface area contributed by atoms with Gasteiger partial charge >= 0.3 is 17.9 Å². The Morgan fingerprint density at radius 2 is 0.647 bits per heavy atom. The number of unbranched alkanes of at least 4 members (excludes halogenated alkanes) is 24. The van der Waals surface area contributed by atoms with E-state index in [1.807, 2.05) is 0 Å². The van der Waals surface area contributed by atoms with Gasteiger partial charge in [-0.3, -0.25) is 14.4 Å². The Labute approximate surface area is 317 Å². The van der Waals surface area contributed by atoms with Crippen molar-refractivity contribution in [3.8, 4) is 0 Å². The molecule has 0 bridgehead atoms. The normalized spacial score (nSPS) is 12.1. The summed E-state index contributed by atoms with van der Waals surface area (Å²) in [4.78, 5) is 37.6. The highest BCUT2D eigenvalue weighted by atomic mass is 16.6. The third-order valence-electron chi connectivity index (χ3n) is 9.97. The molecule has 0 aromatic rings. The van der Waals surface area contributed by atoms with Crippen LogP contribution in [0.15, 0.2) is 0 Å². The van der Waals surface area contributed by atoms with Crippen LogP contribution in [0, 0.1) is 11.8 Å². The van der Waals surface area contributed by atoms with E-state index in [0.29, 0.717) is 19.3 Å². The van der Waals surface area contributed by atoms with Gasteiger partial charge in [-0.15, -0.1) is 0 Å². The van der Waals surface area contributed by atoms with Gasteiger partial charge in [0.05, 0.1) is 0 Å². The number of ether oxygens (including phenoxy) is 3. The Bertz CT molecular complexity index is 779. The molecule has 0 aliphatic rings. The van der Waals surface area contributed by atoms with Gasteiger partial charge in [0.2, 0.25) is 0 Å². The maximum Gasteiger partial charge on any atom is 0.306 e. The van der Waals surface area contributed by atoms with Crippen molar-refractivity contribution >= 4 is 17.9 Å². The summed E-state index contributed by atoms with van der Waals surface area (Å²) < 4.78 is 16.7. The van der Waals surface area contributed by atoms with E-state index in [9.17, 15) is 14.4 Å². The van der Waals surface area contributed by atoms with E-state index in [4.69, 9.17) is 14.2 Å². The van der Waals surface area contributed by atoms with Gasteiger partial charge in [0.25, 0.3) is 0 Å². The second-order valence-corrected chi connectivity index (χ2v) is 16.3. The molecular weight excluding hydrogens is 636 g/mol. The molecule has 302 valence electrons. The smallest absolute Gasteiger partial charge is 0.306 e. The number of hydrogen-bond acceptors (Lipinski definition) is 6. The van der Waals surface area contributed by atoms with E-state index in [0.717, 1.165) is 69.6 Å². The van der Waals surface area contributed by atoms with Crippen LogP contribution in [0.25, 0.3) is 0 Å². The number of hydrogen-bond donors (Lipinski definition) is 0. The average Bonchev–Trinajstić information content (AvgIpc) is 3.09. The first-order valence-electron chi connectivity index (χ1n) is 22.2. The van der Waals surface area contributed by atoms with E-state index >= 15 is 0 Å². The maximum atomic E-state index is 12.7. The van der Waals surface area contributed by atoms with Crippen molar-refractivity contribution in [1.29, 1.82) is 0 Å². The predicted octanol–water partition coefficient (Wildman–Crippen LogP) is 13.8. The topological polar surface area (TPSA) is 78.9 Å². The second kappa shape index (κ2) is 38.1. The number of carbonyl (C=O) groups is 3. The van der Waals surface area contributed by atoms with Crippen LogP contribution in [-0.4, -0.2) is 37.2 Å². The molecule has 0 saturated carbocycles. The highest BCUT2D eigenvalue weighted by Crippen LogP contribution is 2.16. The summed E-state index contributed by atoms with van der Waals surface area (Å²) in [5.74, 6) is 0.708. The fourth-order valence-corrected chi connectivity index (χ4v) is 6.58. The Morgan fingerprint density at radius 3 is 0.961 bits per heavy atom. The lowest BCUT2D eigenvalue weighted by Crippen LogP contribution is -2.30. The molecule has 0 radical (unpaired) electrons. The molecule has 0 rings (SSSR count). The first-order chi connectivity index (χ1) is 24.7. The van der Waals surface area contributed by atoms with Crippen LogP contribution in [0.3, 0.4) is 0 Å². The van der Waals surface area contributed by atoms with Crippen LogP contribution < -0.4 is 0 Å². The molecule has 51 heavy (non-hydrogen) atoms. The third-order valence-corrected chi connectivity index (χ3v) is 9.97. The van der Waals surface area contributed by atoms with Crippen LogP contribution >= 0.6 is 0 Å². The number of carbonyl (C=O) groups excluding carboxylic acids is 3. The fourth-order valence-electron chi connectivity index (χ4n) is 6.58. The van der Waals surface area contributed by atoms with Crippen LogP contribution in [-0.2, 0) is 28.6 Å². The highest BCUT2D eigenvalue weighted by molar-refractivity contribution is 5.71. The molecule has 0 spiro atoms. The molecule has 6 nitrogen and oxygen atoms in total. The van der Waals surface area contributed by atoms with Gasteiger partial charge < -0.3 is 14.2 Å². The van der Waals surface area contributed by atoms with Crippen molar-refractivity contribution in [3.63, 3.8) is 0 Å². The van der Waals surface area contributed by atoms with E-state index in [1.165, 1.54) is 128 Å². The quantitative estimate of drug-likeness (QED) is 0.0357. The van der Waals surface area contributed by atoms with Crippen LogP contribution in [0.5, 0.6) is 0 Å². The summed E-state index contributed by atoms with van der Waals surface area (Å²) in [6.45, 7) is 11.2. The Kier molecular flexibility index (Phi) is 37.0. The molecule has 0 saturated heterocycles. The number of rotatable bonds is 39. The monoisotopic (exact) mass is 723 g/mol. The maximum absolute atomic E-state index is 12.7. The van der Waals surface area contributed by atoms with Crippen molar-refractivity contribution in [2.75, 3.05) is 13.2 Å². The summed E-state index contributed by atoms with van der Waals surface area (Å²) >= 11 is 0. The largest absolute Gasteiger partial charge is 0.462 e. The molecule has 0 aliphatic carbocycles. The van der Waals surface area contributed by atoms with Crippen molar-refractivity contribution in [3.05, 3.63) is 0 Å². The first kappa shape index (κ1) is 49.4. The standard InChI is InChI=1S/C45H86O6/c1-6-7-8-9-10-11-12-13-16-20-27-32-37-45(48)51-42(39-50-44(47)36-31-26-22-21-24-29-34-41(4)5)38-49-43(46)35-30-25-19-17-14-15-18-23-28-33-40(2)3/h40-42H,6-39H2,1-5H3/t42-/m0/s1. The summed E-state index contributed by atoms with van der Waals surface area (Å²) in [5.41, 5.74) is 0. The zero-order valence-electron chi connectivity index (χ0n) is 34.7. The lowest BCUT2D eigenvalue weighted by atomic mass is 10.0. The molecule has 0 amide bonds. The Balaban J connectivity index is 4.34. The highest BCUT2D eigenvalue weighted by Gasteiger charge is 2.19. The van der Waals surface area contributed by atoms with Gasteiger partial charge in [0.15, 0.2) is 6.10 Å². The molecule has 0 fully saturated rings. The number of esters is 3. The van der Waals surface area contributed by atoms with Gasteiger partial charge in [0.1, 0.15) is 13.2 Å². The minimum Gasteiger partial charge on any atom is -0.462 e. The predicted molar refractivity (Wildman–Crippen MR) is 215 cm³/mol.